The van der Waals surface area contributed by atoms with E-state index in [0.717, 1.165) is 48.5 Å². The highest BCUT2D eigenvalue weighted by molar-refractivity contribution is 8.00. The van der Waals surface area contributed by atoms with E-state index >= 15 is 0 Å². The Balaban J connectivity index is 0.00000312. The fourth-order valence-electron chi connectivity index (χ4n) is 2.16. The van der Waals surface area contributed by atoms with Crippen molar-refractivity contribution in [1.29, 1.82) is 0 Å². The van der Waals surface area contributed by atoms with Crippen LogP contribution in [-0.2, 0) is 4.79 Å². The predicted octanol–water partition coefficient (Wildman–Crippen LogP) is 3.95. The number of halogens is 3. The molecule has 3 nitrogen and oxygen atoms in total. The van der Waals surface area contributed by atoms with Gasteiger partial charge < -0.3 is 10.6 Å². The highest BCUT2D eigenvalue weighted by Crippen LogP contribution is 2.37. The summed E-state index contributed by atoms with van der Waals surface area (Å²) >= 11 is 1.01. The lowest BCUT2D eigenvalue weighted by Gasteiger charge is -2.17. The zero-order valence-corrected chi connectivity index (χ0v) is 15.4. The fourth-order valence-corrected chi connectivity index (χ4v) is 3.26. The van der Waals surface area contributed by atoms with E-state index in [1.54, 1.807) is 0 Å². The topological polar surface area (TPSA) is 41.1 Å². The summed E-state index contributed by atoms with van der Waals surface area (Å²) in [5, 5.41) is 5.22. The monoisotopic (exact) mass is 386 g/mol. The summed E-state index contributed by atoms with van der Waals surface area (Å²) in [6.07, 6.45) is 0.794. The van der Waals surface area contributed by atoms with Crippen molar-refractivity contribution in [2.75, 3.05) is 20.1 Å². The SMILES string of the molecule is CNCCCNC(=O)C(Sc1cc(F)ccc1F)c1ccccc1.Cl. The van der Waals surface area contributed by atoms with E-state index in [9.17, 15) is 13.6 Å². The van der Waals surface area contributed by atoms with Gasteiger partial charge in [0.25, 0.3) is 0 Å². The molecule has 136 valence electrons. The van der Waals surface area contributed by atoms with Gasteiger partial charge in [0.15, 0.2) is 0 Å². The van der Waals surface area contributed by atoms with Gasteiger partial charge in [0.05, 0.1) is 0 Å². The largest absolute Gasteiger partial charge is 0.355 e. The van der Waals surface area contributed by atoms with Gasteiger partial charge in [-0.05, 0) is 43.8 Å². The van der Waals surface area contributed by atoms with Gasteiger partial charge in [-0.3, -0.25) is 4.79 Å². The van der Waals surface area contributed by atoms with Gasteiger partial charge in [0.2, 0.25) is 5.91 Å². The minimum absolute atomic E-state index is 0. The van der Waals surface area contributed by atoms with Gasteiger partial charge in [-0.15, -0.1) is 24.2 Å². The molecule has 0 saturated heterocycles. The Morgan fingerprint density at radius 2 is 1.84 bits per heavy atom. The second-order valence-corrected chi connectivity index (χ2v) is 6.38. The third-order valence-electron chi connectivity index (χ3n) is 3.38. The van der Waals surface area contributed by atoms with Crippen molar-refractivity contribution in [1.82, 2.24) is 10.6 Å². The highest BCUT2D eigenvalue weighted by atomic mass is 35.5. The smallest absolute Gasteiger partial charge is 0.237 e. The summed E-state index contributed by atoms with van der Waals surface area (Å²) < 4.78 is 27.3. The quantitative estimate of drug-likeness (QED) is 0.533. The first-order valence-electron chi connectivity index (χ1n) is 7.71. The molecule has 0 aromatic heterocycles. The van der Waals surface area contributed by atoms with Crippen LogP contribution in [0.4, 0.5) is 8.78 Å². The van der Waals surface area contributed by atoms with Gasteiger partial charge >= 0.3 is 0 Å². The maximum absolute atomic E-state index is 13.9. The molecule has 2 N–H and O–H groups in total. The van der Waals surface area contributed by atoms with Crippen LogP contribution in [0.2, 0.25) is 0 Å². The molecule has 0 bridgehead atoms. The molecule has 2 aromatic rings. The Labute approximate surface area is 157 Å². The molecule has 2 rings (SSSR count). The average molecular weight is 387 g/mol. The lowest BCUT2D eigenvalue weighted by atomic mass is 10.1. The summed E-state index contributed by atoms with van der Waals surface area (Å²) in [6, 6.07) is 12.4. The Morgan fingerprint density at radius 1 is 1.12 bits per heavy atom. The van der Waals surface area contributed by atoms with Crippen LogP contribution in [0.1, 0.15) is 17.2 Å². The zero-order valence-electron chi connectivity index (χ0n) is 13.8. The Kier molecular flexibility index (Phi) is 9.49. The normalized spacial score (nSPS) is 11.5. The highest BCUT2D eigenvalue weighted by Gasteiger charge is 2.23. The molecule has 25 heavy (non-hydrogen) atoms. The van der Waals surface area contributed by atoms with Gasteiger partial charge in [0, 0.05) is 11.4 Å². The lowest BCUT2D eigenvalue weighted by molar-refractivity contribution is -0.120. The first-order valence-corrected chi connectivity index (χ1v) is 8.58. The Morgan fingerprint density at radius 3 is 2.52 bits per heavy atom. The molecule has 0 aliphatic heterocycles. The summed E-state index contributed by atoms with van der Waals surface area (Å²) in [4.78, 5) is 12.7. The number of carbonyl (C=O) groups excluding carboxylic acids is 1. The second kappa shape index (κ2) is 11.1. The zero-order chi connectivity index (χ0) is 17.4. The molecule has 0 saturated carbocycles. The van der Waals surface area contributed by atoms with Crippen molar-refractivity contribution in [3.8, 4) is 0 Å². The standard InChI is InChI=1S/C18H20F2N2OS.ClH/c1-21-10-5-11-22-18(23)17(13-6-3-2-4-7-13)24-16-12-14(19)8-9-15(16)20;/h2-4,6-9,12,17,21H,5,10-11H2,1H3,(H,22,23);1H. The van der Waals surface area contributed by atoms with Crippen molar-refractivity contribution in [3.05, 3.63) is 65.7 Å². The molecule has 0 spiro atoms. The first-order chi connectivity index (χ1) is 11.6. The van der Waals surface area contributed by atoms with Gasteiger partial charge in [0.1, 0.15) is 16.9 Å². The molecule has 0 fully saturated rings. The van der Waals surface area contributed by atoms with Crippen LogP contribution in [0.25, 0.3) is 0 Å². The second-order valence-electron chi connectivity index (χ2n) is 5.23. The maximum atomic E-state index is 13.9. The molecule has 0 aliphatic rings. The fraction of sp³-hybridized carbons (Fsp3) is 0.278. The summed E-state index contributed by atoms with van der Waals surface area (Å²) in [7, 11) is 1.84. The van der Waals surface area contributed by atoms with E-state index in [1.165, 1.54) is 0 Å². The van der Waals surface area contributed by atoms with Crippen LogP contribution in [0.15, 0.2) is 53.4 Å². The van der Waals surface area contributed by atoms with E-state index < -0.39 is 16.9 Å². The molecular formula is C18H21ClF2N2OS. The molecule has 1 unspecified atom stereocenters. The number of carbonyl (C=O) groups is 1. The van der Waals surface area contributed by atoms with Crippen molar-refractivity contribution in [2.24, 2.45) is 0 Å². The minimum Gasteiger partial charge on any atom is -0.355 e. The van der Waals surface area contributed by atoms with Crippen LogP contribution in [0, 0.1) is 11.6 Å². The van der Waals surface area contributed by atoms with Crippen LogP contribution in [-0.4, -0.2) is 26.0 Å². The average Bonchev–Trinajstić information content (AvgIpc) is 2.60. The maximum Gasteiger partial charge on any atom is 0.237 e. The third-order valence-corrected chi connectivity index (χ3v) is 4.67. The molecule has 1 atom stereocenters. The number of benzene rings is 2. The molecule has 0 aliphatic carbocycles. The van der Waals surface area contributed by atoms with Crippen molar-refractivity contribution >= 4 is 30.1 Å². The molecule has 0 radical (unpaired) electrons. The summed E-state index contributed by atoms with van der Waals surface area (Å²) in [5.41, 5.74) is 0.747. The number of thioether (sulfide) groups is 1. The molecule has 1 amide bonds. The number of amides is 1. The van der Waals surface area contributed by atoms with Crippen molar-refractivity contribution < 1.29 is 13.6 Å². The van der Waals surface area contributed by atoms with E-state index in [1.807, 2.05) is 37.4 Å². The minimum atomic E-state index is -0.642. The number of nitrogens with one attached hydrogen (secondary N) is 2. The number of hydrogen-bond acceptors (Lipinski definition) is 3. The number of hydrogen-bond donors (Lipinski definition) is 2. The van der Waals surface area contributed by atoms with E-state index in [4.69, 9.17) is 0 Å². The molecule has 2 aromatic carbocycles. The summed E-state index contributed by atoms with van der Waals surface area (Å²) in [5.74, 6) is -1.28. The van der Waals surface area contributed by atoms with Gasteiger partial charge in [-0.2, -0.15) is 0 Å². The Bertz CT molecular complexity index is 673. The van der Waals surface area contributed by atoms with E-state index in [0.29, 0.717) is 6.54 Å². The van der Waals surface area contributed by atoms with Crippen molar-refractivity contribution in [3.63, 3.8) is 0 Å². The molecule has 7 heteroatoms. The molecule has 0 heterocycles. The summed E-state index contributed by atoms with van der Waals surface area (Å²) in [6.45, 7) is 1.32. The Hall–Kier alpha value is -1.63. The van der Waals surface area contributed by atoms with Crippen LogP contribution in [0.5, 0.6) is 0 Å². The predicted molar refractivity (Wildman–Crippen MR) is 100 cm³/mol. The third kappa shape index (κ3) is 6.65. The van der Waals surface area contributed by atoms with E-state index in [-0.39, 0.29) is 23.2 Å². The first kappa shape index (κ1) is 21.4. The van der Waals surface area contributed by atoms with Crippen LogP contribution in [0.3, 0.4) is 0 Å². The number of rotatable bonds is 8. The van der Waals surface area contributed by atoms with Crippen molar-refractivity contribution in [2.45, 2.75) is 16.6 Å². The van der Waals surface area contributed by atoms with E-state index in [2.05, 4.69) is 10.6 Å². The van der Waals surface area contributed by atoms with Crippen LogP contribution < -0.4 is 10.6 Å². The van der Waals surface area contributed by atoms with Gasteiger partial charge in [-0.1, -0.05) is 30.3 Å². The lowest BCUT2D eigenvalue weighted by Crippen LogP contribution is -2.30. The molecular weight excluding hydrogens is 366 g/mol. The van der Waals surface area contributed by atoms with Gasteiger partial charge in [-0.25, -0.2) is 8.78 Å². The van der Waals surface area contributed by atoms with Crippen LogP contribution >= 0.6 is 24.2 Å².